The smallest absolute Gasteiger partial charge is 0.247 e. The molecule has 1 amide bonds. The van der Waals surface area contributed by atoms with Crippen molar-refractivity contribution in [2.45, 2.75) is 56.2 Å². The molecule has 2 rings (SSSR count). The van der Waals surface area contributed by atoms with E-state index in [1.165, 1.54) is 12.5 Å². The molecule has 0 bridgehead atoms. The van der Waals surface area contributed by atoms with Crippen molar-refractivity contribution in [2.75, 3.05) is 0 Å². The zero-order valence-corrected chi connectivity index (χ0v) is 14.0. The minimum Gasteiger partial charge on any atom is -0.348 e. The molecule has 1 saturated carbocycles. The summed E-state index contributed by atoms with van der Waals surface area (Å²) in [5, 5.41) is 8.11. The molecule has 7 heteroatoms. The van der Waals surface area contributed by atoms with Crippen molar-refractivity contribution in [3.63, 3.8) is 0 Å². The summed E-state index contributed by atoms with van der Waals surface area (Å²) in [4.78, 5) is 13.3. The van der Waals surface area contributed by atoms with Gasteiger partial charge in [-0.3, -0.25) is 4.79 Å². The molecule has 1 aromatic rings. The fraction of sp³-hybridized carbons (Fsp3) is 0.643. The minimum atomic E-state index is -3.67. The molecular weight excluding hydrogens is 308 g/mol. The van der Waals surface area contributed by atoms with E-state index in [-0.39, 0.29) is 21.6 Å². The average Bonchev–Trinajstić information content (AvgIpc) is 2.89. The summed E-state index contributed by atoms with van der Waals surface area (Å²) in [6.45, 7) is 3.88. The lowest BCUT2D eigenvalue weighted by molar-refractivity contribution is -0.132. The summed E-state index contributed by atoms with van der Waals surface area (Å²) < 4.78 is 22.7. The molecule has 1 unspecified atom stereocenters. The van der Waals surface area contributed by atoms with E-state index in [0.717, 1.165) is 41.9 Å². The second kappa shape index (κ2) is 6.06. The van der Waals surface area contributed by atoms with Crippen LogP contribution in [0, 0.1) is 5.41 Å². The highest BCUT2D eigenvalue weighted by Crippen LogP contribution is 2.36. The van der Waals surface area contributed by atoms with E-state index >= 15 is 0 Å². The zero-order chi connectivity index (χ0) is 15.7. The van der Waals surface area contributed by atoms with E-state index < -0.39 is 10.0 Å². The van der Waals surface area contributed by atoms with Crippen molar-refractivity contribution >= 4 is 27.3 Å². The number of sulfonamides is 1. The summed E-state index contributed by atoms with van der Waals surface area (Å²) in [6, 6.07) is 2.98. The van der Waals surface area contributed by atoms with Crippen molar-refractivity contribution in [2.24, 2.45) is 10.6 Å². The van der Waals surface area contributed by atoms with Crippen LogP contribution < -0.4 is 10.5 Å². The monoisotopic (exact) mass is 330 g/mol. The molecule has 0 spiro atoms. The molecule has 5 nitrogen and oxygen atoms in total. The van der Waals surface area contributed by atoms with Crippen LogP contribution in [0.4, 0.5) is 0 Å². The minimum absolute atomic E-state index is 0.0558. The SMILES string of the molecule is CC(NC(=O)C1(C)CCCCC1)c1ccc(S(N)(=O)=O)s1. The lowest BCUT2D eigenvalue weighted by atomic mass is 9.75. The number of nitrogens with one attached hydrogen (secondary N) is 1. The van der Waals surface area contributed by atoms with E-state index in [0.29, 0.717) is 0 Å². The normalized spacial score (nSPS) is 20.0. The Labute approximate surface area is 130 Å². The van der Waals surface area contributed by atoms with Gasteiger partial charge < -0.3 is 5.32 Å². The van der Waals surface area contributed by atoms with Crippen molar-refractivity contribution < 1.29 is 13.2 Å². The average molecular weight is 330 g/mol. The number of carbonyl (C=O) groups is 1. The fourth-order valence-corrected chi connectivity index (χ4v) is 4.47. The lowest BCUT2D eigenvalue weighted by Crippen LogP contribution is -2.41. The predicted octanol–water partition coefficient (Wildman–Crippen LogP) is 2.54. The molecule has 0 aliphatic heterocycles. The van der Waals surface area contributed by atoms with Crippen molar-refractivity contribution in [1.82, 2.24) is 5.32 Å². The van der Waals surface area contributed by atoms with Crippen LogP contribution >= 0.6 is 11.3 Å². The second-order valence-electron chi connectivity index (χ2n) is 6.02. The zero-order valence-electron chi connectivity index (χ0n) is 12.4. The van der Waals surface area contributed by atoms with Gasteiger partial charge in [0.2, 0.25) is 15.9 Å². The van der Waals surface area contributed by atoms with Crippen LogP contribution in [0.2, 0.25) is 0 Å². The number of hydrogen-bond acceptors (Lipinski definition) is 4. The van der Waals surface area contributed by atoms with E-state index in [1.54, 1.807) is 6.07 Å². The number of amides is 1. The molecule has 118 valence electrons. The van der Waals surface area contributed by atoms with E-state index in [2.05, 4.69) is 5.32 Å². The standard InChI is InChI=1S/C14H22N2O3S2/c1-10(11-6-7-12(20-11)21(15,18)19)16-13(17)14(2)8-4-3-5-9-14/h6-7,10H,3-5,8-9H2,1-2H3,(H,16,17)(H2,15,18,19). The van der Waals surface area contributed by atoms with Gasteiger partial charge in [0.05, 0.1) is 6.04 Å². The number of primary sulfonamides is 1. The molecule has 1 aliphatic carbocycles. The van der Waals surface area contributed by atoms with Crippen LogP contribution in [-0.4, -0.2) is 14.3 Å². The molecule has 1 heterocycles. The molecule has 1 fully saturated rings. The van der Waals surface area contributed by atoms with E-state index in [1.807, 2.05) is 13.8 Å². The predicted molar refractivity (Wildman–Crippen MR) is 83.4 cm³/mol. The summed E-state index contributed by atoms with van der Waals surface area (Å²) in [6.07, 6.45) is 5.21. The van der Waals surface area contributed by atoms with Crippen LogP contribution in [0.15, 0.2) is 16.3 Å². The van der Waals surface area contributed by atoms with Gasteiger partial charge in [0.15, 0.2) is 0 Å². The molecule has 1 aliphatic rings. The number of carbonyl (C=O) groups excluding carboxylic acids is 1. The molecule has 1 aromatic heterocycles. The van der Waals surface area contributed by atoms with Gasteiger partial charge in [-0.15, -0.1) is 11.3 Å². The topological polar surface area (TPSA) is 89.3 Å². The number of hydrogen-bond donors (Lipinski definition) is 2. The van der Waals surface area contributed by atoms with E-state index in [4.69, 9.17) is 5.14 Å². The van der Waals surface area contributed by atoms with Gasteiger partial charge in [0, 0.05) is 10.3 Å². The second-order valence-corrected chi connectivity index (χ2v) is 8.92. The highest BCUT2D eigenvalue weighted by atomic mass is 32.2. The van der Waals surface area contributed by atoms with Crippen LogP contribution in [0.1, 0.15) is 56.9 Å². The van der Waals surface area contributed by atoms with Gasteiger partial charge in [-0.05, 0) is 31.9 Å². The van der Waals surface area contributed by atoms with Gasteiger partial charge in [0.25, 0.3) is 0 Å². The van der Waals surface area contributed by atoms with Gasteiger partial charge in [-0.25, -0.2) is 13.6 Å². The van der Waals surface area contributed by atoms with Crippen LogP contribution in [-0.2, 0) is 14.8 Å². The number of rotatable bonds is 4. The molecule has 0 saturated heterocycles. The quantitative estimate of drug-likeness (QED) is 0.889. The van der Waals surface area contributed by atoms with Crippen molar-refractivity contribution in [3.05, 3.63) is 17.0 Å². The summed E-state index contributed by atoms with van der Waals surface area (Å²) in [7, 11) is -3.67. The van der Waals surface area contributed by atoms with Gasteiger partial charge >= 0.3 is 0 Å². The fourth-order valence-electron chi connectivity index (χ4n) is 2.72. The molecular formula is C14H22N2O3S2. The maximum atomic E-state index is 12.5. The third-order valence-electron chi connectivity index (χ3n) is 4.16. The molecule has 1 atom stereocenters. The van der Waals surface area contributed by atoms with Gasteiger partial charge in [-0.1, -0.05) is 26.2 Å². The molecule has 0 aromatic carbocycles. The first-order valence-corrected chi connectivity index (χ1v) is 9.52. The van der Waals surface area contributed by atoms with Crippen molar-refractivity contribution in [1.29, 1.82) is 0 Å². The Morgan fingerprint density at radius 2 is 1.95 bits per heavy atom. The summed E-state index contributed by atoms with van der Waals surface area (Å²) >= 11 is 1.11. The third kappa shape index (κ3) is 3.84. The highest BCUT2D eigenvalue weighted by Gasteiger charge is 2.35. The Kier molecular flexibility index (Phi) is 4.75. The third-order valence-corrected chi connectivity index (χ3v) is 6.87. The Bertz CT molecular complexity index is 616. The van der Waals surface area contributed by atoms with Crippen LogP contribution in [0.3, 0.4) is 0 Å². The Morgan fingerprint density at radius 1 is 1.33 bits per heavy atom. The van der Waals surface area contributed by atoms with Crippen molar-refractivity contribution in [3.8, 4) is 0 Å². The summed E-state index contributed by atoms with van der Waals surface area (Å²) in [5.41, 5.74) is -0.299. The Balaban J connectivity index is 2.05. The lowest BCUT2D eigenvalue weighted by Gasteiger charge is -2.33. The molecule has 21 heavy (non-hydrogen) atoms. The molecule has 3 N–H and O–H groups in total. The Hall–Kier alpha value is -0.920. The Morgan fingerprint density at radius 3 is 2.48 bits per heavy atom. The van der Waals surface area contributed by atoms with Gasteiger partial charge in [-0.2, -0.15) is 0 Å². The van der Waals surface area contributed by atoms with Crippen LogP contribution in [0.25, 0.3) is 0 Å². The summed E-state index contributed by atoms with van der Waals surface area (Å²) in [5.74, 6) is 0.0558. The molecule has 0 radical (unpaired) electrons. The maximum Gasteiger partial charge on any atom is 0.247 e. The first-order chi connectivity index (χ1) is 9.72. The highest BCUT2D eigenvalue weighted by molar-refractivity contribution is 7.91. The first kappa shape index (κ1) is 16.5. The van der Waals surface area contributed by atoms with E-state index in [9.17, 15) is 13.2 Å². The first-order valence-electron chi connectivity index (χ1n) is 7.16. The largest absolute Gasteiger partial charge is 0.348 e. The number of thiophene rings is 1. The van der Waals surface area contributed by atoms with Crippen LogP contribution in [0.5, 0.6) is 0 Å². The maximum absolute atomic E-state index is 12.5. The number of nitrogens with two attached hydrogens (primary N) is 1. The van der Waals surface area contributed by atoms with Gasteiger partial charge in [0.1, 0.15) is 4.21 Å².